The lowest BCUT2D eigenvalue weighted by Crippen LogP contribution is -2.30. The second-order valence-electron chi connectivity index (χ2n) is 14.9. The molecule has 0 fully saturated rings. The zero-order valence-corrected chi connectivity index (χ0v) is 35.0. The Morgan fingerprint density at radius 2 is 1.57 bits per heavy atom. The Hall–Kier alpha value is -5.85. The largest absolute Gasteiger partial charge is 0.497 e. The number of hydrogen-bond acceptors (Lipinski definition) is 9. The summed E-state index contributed by atoms with van der Waals surface area (Å²) in [5, 5.41) is 8.56. The first-order chi connectivity index (χ1) is 27.9. The normalized spacial score (nSPS) is 14.4. The molecular formula is C46H47N3O7S2. The van der Waals surface area contributed by atoms with Crippen molar-refractivity contribution in [1.82, 2.24) is 5.32 Å². The maximum absolute atomic E-state index is 14.3. The van der Waals surface area contributed by atoms with Crippen molar-refractivity contribution in [3.8, 4) is 11.5 Å². The summed E-state index contributed by atoms with van der Waals surface area (Å²) in [5.41, 5.74) is 3.54. The smallest absolute Gasteiger partial charge is 0.341 e. The van der Waals surface area contributed by atoms with Gasteiger partial charge >= 0.3 is 5.97 Å². The number of ether oxygens (including phenoxy) is 3. The number of amides is 3. The second-order valence-corrected chi connectivity index (χ2v) is 17.2. The van der Waals surface area contributed by atoms with Gasteiger partial charge in [-0.05, 0) is 96.3 Å². The monoisotopic (exact) mass is 817 g/mol. The number of anilines is 2. The van der Waals surface area contributed by atoms with Crippen LogP contribution in [-0.2, 0) is 27.2 Å². The number of nitrogens with one attached hydrogen (secondary N) is 3. The summed E-state index contributed by atoms with van der Waals surface area (Å²) in [4.78, 5) is 56.6. The molecule has 0 saturated carbocycles. The summed E-state index contributed by atoms with van der Waals surface area (Å²) in [7, 11) is 4.41. The van der Waals surface area contributed by atoms with Crippen LogP contribution in [0.1, 0.15) is 74.7 Å². The van der Waals surface area contributed by atoms with E-state index in [2.05, 4.69) is 36.7 Å². The summed E-state index contributed by atoms with van der Waals surface area (Å²) in [5.74, 6) is -0.364. The van der Waals surface area contributed by atoms with Gasteiger partial charge in [-0.25, -0.2) is 4.79 Å². The first kappa shape index (κ1) is 41.8. The van der Waals surface area contributed by atoms with Crippen molar-refractivity contribution in [2.45, 2.75) is 50.2 Å². The van der Waals surface area contributed by atoms with E-state index < -0.39 is 23.0 Å². The SMILES string of the molecule is COC(=O)c1c(NC(=O)C(Sc2cccc(NC(=O)/C(=C\c3cc(OC)ccc3OC)NC(=O)c3ccccc3)c2)c2ccccc2)sc2c1CCC(C(C)(C)C)C2. The Bertz CT molecular complexity index is 2320. The Kier molecular flexibility index (Phi) is 13.4. The maximum Gasteiger partial charge on any atom is 0.341 e. The van der Waals surface area contributed by atoms with Gasteiger partial charge in [0, 0.05) is 26.6 Å². The van der Waals surface area contributed by atoms with Crippen LogP contribution in [-0.4, -0.2) is 45.0 Å². The molecule has 3 N–H and O–H groups in total. The van der Waals surface area contributed by atoms with Crippen LogP contribution >= 0.6 is 23.1 Å². The van der Waals surface area contributed by atoms with Gasteiger partial charge in [-0.1, -0.05) is 75.4 Å². The lowest BCUT2D eigenvalue weighted by molar-refractivity contribution is -0.116. The summed E-state index contributed by atoms with van der Waals surface area (Å²) in [6, 6.07) is 30.3. The maximum atomic E-state index is 14.3. The Labute approximate surface area is 347 Å². The fourth-order valence-corrected chi connectivity index (χ4v) is 9.24. The van der Waals surface area contributed by atoms with Crippen molar-refractivity contribution in [1.29, 1.82) is 0 Å². The van der Waals surface area contributed by atoms with Crippen LogP contribution in [0.15, 0.2) is 114 Å². The molecule has 58 heavy (non-hydrogen) atoms. The molecule has 10 nitrogen and oxygen atoms in total. The number of thioether (sulfide) groups is 1. The Morgan fingerprint density at radius 1 is 0.845 bits per heavy atom. The van der Waals surface area contributed by atoms with E-state index in [0.29, 0.717) is 49.7 Å². The minimum Gasteiger partial charge on any atom is -0.497 e. The van der Waals surface area contributed by atoms with Crippen molar-refractivity contribution in [3.05, 3.63) is 142 Å². The predicted octanol–water partition coefficient (Wildman–Crippen LogP) is 9.58. The number of benzene rings is 4. The van der Waals surface area contributed by atoms with Gasteiger partial charge in [0.05, 0.1) is 26.9 Å². The molecule has 12 heteroatoms. The van der Waals surface area contributed by atoms with E-state index >= 15 is 0 Å². The van der Waals surface area contributed by atoms with Gasteiger partial charge in [-0.15, -0.1) is 23.1 Å². The van der Waals surface area contributed by atoms with Gasteiger partial charge in [-0.2, -0.15) is 0 Å². The molecule has 1 aliphatic carbocycles. The highest BCUT2D eigenvalue weighted by Crippen LogP contribution is 2.45. The molecule has 300 valence electrons. The second kappa shape index (κ2) is 18.6. The molecule has 6 rings (SSSR count). The lowest BCUT2D eigenvalue weighted by atomic mass is 9.72. The molecule has 1 aliphatic rings. The van der Waals surface area contributed by atoms with Crippen LogP contribution in [0, 0.1) is 11.3 Å². The Balaban J connectivity index is 1.28. The molecule has 2 atom stereocenters. The first-order valence-corrected chi connectivity index (χ1v) is 20.5. The van der Waals surface area contributed by atoms with E-state index in [1.807, 2.05) is 36.4 Å². The van der Waals surface area contributed by atoms with Crippen LogP contribution in [0.25, 0.3) is 6.08 Å². The molecular weight excluding hydrogens is 771 g/mol. The third kappa shape index (κ3) is 9.99. The summed E-state index contributed by atoms with van der Waals surface area (Å²) >= 11 is 2.76. The fourth-order valence-electron chi connectivity index (χ4n) is 6.84. The van der Waals surface area contributed by atoms with Crippen LogP contribution in [0.2, 0.25) is 0 Å². The molecule has 0 radical (unpaired) electrons. The highest BCUT2D eigenvalue weighted by atomic mass is 32.2. The van der Waals surface area contributed by atoms with Gasteiger partial charge in [-0.3, -0.25) is 14.4 Å². The van der Waals surface area contributed by atoms with Crippen molar-refractivity contribution >= 4 is 63.6 Å². The molecule has 0 spiro atoms. The Morgan fingerprint density at radius 3 is 2.24 bits per heavy atom. The van der Waals surface area contributed by atoms with Crippen LogP contribution in [0.5, 0.6) is 11.5 Å². The molecule has 4 aromatic carbocycles. The van der Waals surface area contributed by atoms with Gasteiger partial charge < -0.3 is 30.2 Å². The molecule has 5 aromatic rings. The first-order valence-electron chi connectivity index (χ1n) is 18.8. The minimum atomic E-state index is -0.722. The quantitative estimate of drug-likeness (QED) is 0.0609. The van der Waals surface area contributed by atoms with Crippen molar-refractivity contribution in [2.24, 2.45) is 11.3 Å². The summed E-state index contributed by atoms with van der Waals surface area (Å²) in [6.07, 6.45) is 4.05. The average Bonchev–Trinajstić information content (AvgIpc) is 3.59. The van der Waals surface area contributed by atoms with Crippen LogP contribution in [0.4, 0.5) is 10.7 Å². The molecule has 0 bridgehead atoms. The summed E-state index contributed by atoms with van der Waals surface area (Å²) in [6.45, 7) is 6.71. The zero-order chi connectivity index (χ0) is 41.4. The van der Waals surface area contributed by atoms with Crippen molar-refractivity contribution in [2.75, 3.05) is 32.0 Å². The number of rotatable bonds is 13. The molecule has 1 heterocycles. The van der Waals surface area contributed by atoms with E-state index in [1.165, 1.54) is 50.5 Å². The average molecular weight is 818 g/mol. The lowest BCUT2D eigenvalue weighted by Gasteiger charge is -2.33. The number of esters is 1. The van der Waals surface area contributed by atoms with Crippen LogP contribution < -0.4 is 25.4 Å². The number of methoxy groups -OCH3 is 3. The number of thiophene rings is 1. The topological polar surface area (TPSA) is 132 Å². The fraction of sp³-hybridized carbons (Fsp3) is 0.261. The van der Waals surface area contributed by atoms with Crippen molar-refractivity contribution in [3.63, 3.8) is 0 Å². The van der Waals surface area contributed by atoms with E-state index in [0.717, 1.165) is 35.3 Å². The van der Waals surface area contributed by atoms with E-state index in [9.17, 15) is 19.2 Å². The third-order valence-corrected chi connectivity index (χ3v) is 12.5. The number of carbonyl (C=O) groups excluding carboxylic acids is 4. The van der Waals surface area contributed by atoms with Gasteiger partial charge in [0.15, 0.2) is 0 Å². The molecule has 2 unspecified atom stereocenters. The van der Waals surface area contributed by atoms with Gasteiger partial charge in [0.2, 0.25) is 5.91 Å². The predicted molar refractivity (Wildman–Crippen MR) is 231 cm³/mol. The van der Waals surface area contributed by atoms with Gasteiger partial charge in [0.25, 0.3) is 11.8 Å². The molecule has 0 aliphatic heterocycles. The number of fused-ring (bicyclic) bond motifs is 1. The molecule has 1 aromatic heterocycles. The highest BCUT2D eigenvalue weighted by molar-refractivity contribution is 8.00. The number of hydrogen-bond donors (Lipinski definition) is 3. The zero-order valence-electron chi connectivity index (χ0n) is 33.3. The number of carbonyl (C=O) groups is 4. The van der Waals surface area contributed by atoms with E-state index in [1.54, 1.807) is 66.7 Å². The molecule has 0 saturated heterocycles. The van der Waals surface area contributed by atoms with Gasteiger partial charge in [0.1, 0.15) is 27.4 Å². The molecule has 3 amide bonds. The summed E-state index contributed by atoms with van der Waals surface area (Å²) < 4.78 is 16.2. The van der Waals surface area contributed by atoms with E-state index in [4.69, 9.17) is 14.2 Å². The van der Waals surface area contributed by atoms with Crippen molar-refractivity contribution < 1.29 is 33.4 Å². The van der Waals surface area contributed by atoms with Crippen LogP contribution in [0.3, 0.4) is 0 Å². The van der Waals surface area contributed by atoms with E-state index in [-0.39, 0.29) is 17.0 Å². The third-order valence-electron chi connectivity index (χ3n) is 10.1. The minimum absolute atomic E-state index is 0.0334. The highest BCUT2D eigenvalue weighted by Gasteiger charge is 2.35. The standard InChI is InChI=1S/C46H47N3O7S2/c1-46(2,3)31-20-22-35-38(26-31)58-44(39(35)45(53)56-6)49-43(52)40(28-14-9-7-10-15-28)57-34-19-13-18-32(27-34)47-42(51)36(48-41(50)29-16-11-8-12-17-29)25-30-24-33(54-4)21-23-37(30)55-5/h7-19,21,23-25,27,31,40H,20,22,26H2,1-6H3,(H,47,51)(H,48,50)(H,49,52)/b36-25+.